The van der Waals surface area contributed by atoms with Gasteiger partial charge in [0.05, 0.1) is 20.6 Å². The Morgan fingerprint density at radius 3 is 2.21 bits per heavy atom. The molecule has 0 unspecified atom stereocenters. The Hall–Kier alpha value is -1.85. The third-order valence-corrected chi connectivity index (χ3v) is 2.86. The van der Waals surface area contributed by atoms with E-state index in [1.807, 2.05) is 0 Å². The molecule has 0 bridgehead atoms. The van der Waals surface area contributed by atoms with Crippen LogP contribution in [0.3, 0.4) is 0 Å². The molecule has 0 aliphatic rings. The van der Waals surface area contributed by atoms with Gasteiger partial charge in [-0.1, -0.05) is 13.8 Å². The maximum absolute atomic E-state index is 13.6. The van der Waals surface area contributed by atoms with Gasteiger partial charge in [-0.25, -0.2) is 4.39 Å². The maximum atomic E-state index is 13.6. The monoisotopic (exact) mass is 274 g/mol. The normalized spacial score (nSPS) is 11.3. The highest BCUT2D eigenvalue weighted by molar-refractivity contribution is 5.69. The van der Waals surface area contributed by atoms with Gasteiger partial charge in [-0.2, -0.15) is 4.39 Å². The van der Waals surface area contributed by atoms with Crippen molar-refractivity contribution in [2.45, 2.75) is 25.7 Å². The molecule has 106 valence electrons. The maximum Gasteiger partial charge on any atom is 0.304 e. The highest BCUT2D eigenvalue weighted by Crippen LogP contribution is 2.42. The Labute approximate surface area is 109 Å². The predicted octanol–water partition coefficient (Wildman–Crippen LogP) is 2.73. The SMILES string of the molecule is COc1c(C(C)(C)CC(=O)O)cc(F)c(F)c1OC. The molecule has 4 nitrogen and oxygen atoms in total. The molecular formula is C13H16F2O4. The number of carbonyl (C=O) groups is 1. The van der Waals surface area contributed by atoms with E-state index < -0.39 is 23.0 Å². The molecule has 0 heterocycles. The Balaban J connectivity index is 3.50. The van der Waals surface area contributed by atoms with Crippen LogP contribution in [-0.2, 0) is 10.2 Å². The van der Waals surface area contributed by atoms with Crippen LogP contribution < -0.4 is 9.47 Å². The van der Waals surface area contributed by atoms with Crippen LogP contribution in [-0.4, -0.2) is 25.3 Å². The number of hydrogen-bond acceptors (Lipinski definition) is 3. The van der Waals surface area contributed by atoms with Crippen LogP contribution in [0.15, 0.2) is 6.07 Å². The van der Waals surface area contributed by atoms with Crippen LogP contribution in [0.5, 0.6) is 11.5 Å². The zero-order chi connectivity index (χ0) is 14.8. The fourth-order valence-electron chi connectivity index (χ4n) is 1.95. The lowest BCUT2D eigenvalue weighted by molar-refractivity contribution is -0.138. The minimum absolute atomic E-state index is 0.00708. The molecule has 1 aromatic carbocycles. The van der Waals surface area contributed by atoms with Gasteiger partial charge in [0.2, 0.25) is 5.82 Å². The third kappa shape index (κ3) is 2.94. The number of benzene rings is 1. The summed E-state index contributed by atoms with van der Waals surface area (Å²) in [4.78, 5) is 10.9. The van der Waals surface area contributed by atoms with E-state index in [2.05, 4.69) is 0 Å². The number of halogens is 2. The van der Waals surface area contributed by atoms with Gasteiger partial charge >= 0.3 is 5.97 Å². The van der Waals surface area contributed by atoms with Gasteiger partial charge in [-0.3, -0.25) is 4.79 Å². The zero-order valence-electron chi connectivity index (χ0n) is 11.2. The summed E-state index contributed by atoms with van der Waals surface area (Å²) in [6.07, 6.45) is -0.252. The topological polar surface area (TPSA) is 55.8 Å². The van der Waals surface area contributed by atoms with Crippen LogP contribution in [0.1, 0.15) is 25.8 Å². The van der Waals surface area contributed by atoms with Crippen molar-refractivity contribution in [2.75, 3.05) is 14.2 Å². The van der Waals surface area contributed by atoms with E-state index in [1.54, 1.807) is 13.8 Å². The molecule has 0 radical (unpaired) electrons. The molecular weight excluding hydrogens is 258 g/mol. The number of methoxy groups -OCH3 is 2. The predicted molar refractivity (Wildman–Crippen MR) is 64.7 cm³/mol. The number of ether oxygens (including phenoxy) is 2. The Morgan fingerprint density at radius 2 is 1.79 bits per heavy atom. The van der Waals surface area contributed by atoms with Gasteiger partial charge in [-0.15, -0.1) is 0 Å². The summed E-state index contributed by atoms with van der Waals surface area (Å²) in [6, 6.07) is 0.944. The van der Waals surface area contributed by atoms with Crippen LogP contribution >= 0.6 is 0 Å². The summed E-state index contributed by atoms with van der Waals surface area (Å²) in [5.74, 6) is -3.67. The molecule has 1 N–H and O–H groups in total. The van der Waals surface area contributed by atoms with Crippen molar-refractivity contribution in [1.82, 2.24) is 0 Å². The van der Waals surface area contributed by atoms with E-state index in [0.717, 1.165) is 6.07 Å². The molecule has 6 heteroatoms. The van der Waals surface area contributed by atoms with E-state index in [1.165, 1.54) is 14.2 Å². The van der Waals surface area contributed by atoms with Crippen LogP contribution in [0.25, 0.3) is 0 Å². The highest BCUT2D eigenvalue weighted by atomic mass is 19.2. The van der Waals surface area contributed by atoms with Crippen LogP contribution in [0.2, 0.25) is 0 Å². The van der Waals surface area contributed by atoms with Gasteiger partial charge in [0.25, 0.3) is 0 Å². The summed E-state index contributed by atoms with van der Waals surface area (Å²) in [5.41, 5.74) is -0.688. The number of aliphatic carboxylic acids is 1. The summed E-state index contributed by atoms with van der Waals surface area (Å²) in [7, 11) is 2.48. The van der Waals surface area contributed by atoms with Gasteiger partial charge in [0, 0.05) is 11.0 Å². The molecule has 0 aliphatic carbocycles. The molecule has 0 saturated heterocycles. The van der Waals surface area contributed by atoms with E-state index in [4.69, 9.17) is 14.6 Å². The molecule has 1 rings (SSSR count). The smallest absolute Gasteiger partial charge is 0.304 e. The summed E-state index contributed by atoms with van der Waals surface area (Å²) < 4.78 is 37.0. The molecule has 1 aromatic rings. The standard InChI is InChI=1S/C13H16F2O4/c1-13(2,6-9(16)17)7-5-8(14)10(15)12(19-4)11(7)18-3/h5H,6H2,1-4H3,(H,16,17). The molecule has 0 spiro atoms. The molecule has 19 heavy (non-hydrogen) atoms. The molecule has 0 saturated carbocycles. The Kier molecular flexibility index (Phi) is 4.34. The minimum atomic E-state index is -1.16. The molecule has 0 amide bonds. The van der Waals surface area contributed by atoms with Gasteiger partial charge < -0.3 is 14.6 Å². The second-order valence-corrected chi connectivity index (χ2v) is 4.74. The second kappa shape index (κ2) is 5.42. The van der Waals surface area contributed by atoms with Crippen molar-refractivity contribution in [1.29, 1.82) is 0 Å². The largest absolute Gasteiger partial charge is 0.492 e. The van der Waals surface area contributed by atoms with Crippen LogP contribution in [0.4, 0.5) is 8.78 Å². The first-order chi connectivity index (χ1) is 8.74. The first-order valence-corrected chi connectivity index (χ1v) is 5.56. The first kappa shape index (κ1) is 15.2. The Bertz CT molecular complexity index is 498. The Morgan fingerprint density at radius 1 is 1.26 bits per heavy atom. The first-order valence-electron chi connectivity index (χ1n) is 5.56. The highest BCUT2D eigenvalue weighted by Gasteiger charge is 2.32. The molecule has 0 fully saturated rings. The summed E-state index contributed by atoms with van der Waals surface area (Å²) >= 11 is 0. The average molecular weight is 274 g/mol. The van der Waals surface area contributed by atoms with E-state index in [-0.39, 0.29) is 23.5 Å². The second-order valence-electron chi connectivity index (χ2n) is 4.74. The lowest BCUT2D eigenvalue weighted by Crippen LogP contribution is -2.23. The lowest BCUT2D eigenvalue weighted by atomic mass is 9.80. The van der Waals surface area contributed by atoms with E-state index >= 15 is 0 Å². The fourth-order valence-corrected chi connectivity index (χ4v) is 1.95. The summed E-state index contributed by atoms with van der Waals surface area (Å²) in [5, 5.41) is 8.88. The van der Waals surface area contributed by atoms with Gasteiger partial charge in [0.1, 0.15) is 0 Å². The van der Waals surface area contributed by atoms with Crippen molar-refractivity contribution < 1.29 is 28.2 Å². The lowest BCUT2D eigenvalue weighted by Gasteiger charge is -2.26. The number of carboxylic acids is 1. The van der Waals surface area contributed by atoms with E-state index in [0.29, 0.717) is 0 Å². The molecule has 0 aliphatic heterocycles. The molecule has 0 atom stereocenters. The van der Waals surface area contributed by atoms with Gasteiger partial charge in [-0.05, 0) is 6.07 Å². The average Bonchev–Trinajstić information content (AvgIpc) is 2.29. The van der Waals surface area contributed by atoms with Gasteiger partial charge in [0.15, 0.2) is 17.3 Å². The van der Waals surface area contributed by atoms with Crippen molar-refractivity contribution in [3.05, 3.63) is 23.3 Å². The minimum Gasteiger partial charge on any atom is -0.492 e. The van der Waals surface area contributed by atoms with Crippen molar-refractivity contribution in [3.8, 4) is 11.5 Å². The number of carboxylic acid groups (broad SMARTS) is 1. The summed E-state index contributed by atoms with van der Waals surface area (Å²) in [6.45, 7) is 3.21. The van der Waals surface area contributed by atoms with Crippen molar-refractivity contribution in [2.24, 2.45) is 0 Å². The van der Waals surface area contributed by atoms with Crippen molar-refractivity contribution in [3.63, 3.8) is 0 Å². The molecule has 0 aromatic heterocycles. The number of hydrogen-bond donors (Lipinski definition) is 1. The van der Waals surface area contributed by atoms with Crippen molar-refractivity contribution >= 4 is 5.97 Å². The van der Waals surface area contributed by atoms with Crippen LogP contribution in [0, 0.1) is 11.6 Å². The third-order valence-electron chi connectivity index (χ3n) is 2.86. The quantitative estimate of drug-likeness (QED) is 0.897. The zero-order valence-corrected chi connectivity index (χ0v) is 11.2. The number of rotatable bonds is 5. The fraction of sp³-hybridized carbons (Fsp3) is 0.462. The van der Waals surface area contributed by atoms with E-state index in [9.17, 15) is 13.6 Å².